The number of nitrogens with zero attached hydrogens (tertiary/aromatic N) is 1. The minimum atomic E-state index is -0.108. The Bertz CT molecular complexity index is 500. The summed E-state index contributed by atoms with van der Waals surface area (Å²) >= 11 is 0. The molecular weight excluding hydrogens is 218 g/mol. The highest BCUT2D eigenvalue weighted by Gasteiger charge is 2.04. The minimum absolute atomic E-state index is 0.108. The largest absolute Gasteiger partial charge is 0.493 e. The van der Waals surface area contributed by atoms with Crippen molar-refractivity contribution < 1.29 is 14.6 Å². The van der Waals surface area contributed by atoms with Gasteiger partial charge in [-0.2, -0.15) is 0 Å². The second kappa shape index (κ2) is 5.32. The van der Waals surface area contributed by atoms with Crippen LogP contribution >= 0.6 is 0 Å². The molecule has 0 aliphatic rings. The van der Waals surface area contributed by atoms with Crippen LogP contribution in [0.25, 0.3) is 0 Å². The summed E-state index contributed by atoms with van der Waals surface area (Å²) in [4.78, 5) is 3.98. The third kappa shape index (κ3) is 2.73. The second-order valence-electron chi connectivity index (χ2n) is 3.39. The fourth-order valence-corrected chi connectivity index (χ4v) is 1.44. The fourth-order valence-electron chi connectivity index (χ4n) is 1.44. The molecule has 0 fully saturated rings. The van der Waals surface area contributed by atoms with Crippen molar-refractivity contribution in [1.29, 1.82) is 0 Å². The molecule has 1 N–H and O–H groups in total. The molecule has 0 saturated heterocycles. The Labute approximate surface area is 99.5 Å². The summed E-state index contributed by atoms with van der Waals surface area (Å²) in [6, 6.07) is 10.8. The van der Waals surface area contributed by atoms with Gasteiger partial charge in [-0.1, -0.05) is 12.1 Å². The number of hydrogen-bond donors (Lipinski definition) is 1. The molecule has 0 atom stereocenters. The van der Waals surface area contributed by atoms with Crippen LogP contribution in [0.5, 0.6) is 17.2 Å². The van der Waals surface area contributed by atoms with Gasteiger partial charge in [-0.05, 0) is 18.2 Å². The maximum absolute atomic E-state index is 8.99. The number of ether oxygens (including phenoxy) is 2. The molecule has 88 valence electrons. The van der Waals surface area contributed by atoms with Gasteiger partial charge < -0.3 is 14.6 Å². The highest BCUT2D eigenvalue weighted by molar-refractivity contribution is 5.42. The average Bonchev–Trinajstić information content (AvgIpc) is 2.39. The van der Waals surface area contributed by atoms with E-state index in [0.29, 0.717) is 22.9 Å². The number of benzene rings is 1. The first-order valence-corrected chi connectivity index (χ1v) is 5.20. The summed E-state index contributed by atoms with van der Waals surface area (Å²) in [5, 5.41) is 8.99. The van der Waals surface area contributed by atoms with E-state index in [1.807, 2.05) is 24.3 Å². The SMILES string of the molecule is COc1ccccc1Oc1ccnc(CO)c1. The zero-order chi connectivity index (χ0) is 12.1. The van der Waals surface area contributed by atoms with E-state index in [2.05, 4.69) is 4.98 Å². The van der Waals surface area contributed by atoms with Crippen LogP contribution in [-0.2, 0) is 6.61 Å². The van der Waals surface area contributed by atoms with E-state index in [-0.39, 0.29) is 6.61 Å². The molecule has 0 spiro atoms. The van der Waals surface area contributed by atoms with Crippen molar-refractivity contribution in [3.05, 3.63) is 48.3 Å². The Morgan fingerprint density at radius 3 is 2.65 bits per heavy atom. The Kier molecular flexibility index (Phi) is 3.57. The molecule has 0 amide bonds. The van der Waals surface area contributed by atoms with Crippen molar-refractivity contribution in [3.63, 3.8) is 0 Å². The molecule has 1 heterocycles. The summed E-state index contributed by atoms with van der Waals surface area (Å²) < 4.78 is 10.9. The van der Waals surface area contributed by atoms with Crippen LogP contribution < -0.4 is 9.47 Å². The number of pyridine rings is 1. The highest BCUT2D eigenvalue weighted by atomic mass is 16.5. The van der Waals surface area contributed by atoms with Gasteiger partial charge in [-0.15, -0.1) is 0 Å². The molecule has 2 rings (SSSR count). The van der Waals surface area contributed by atoms with Crippen molar-refractivity contribution in [2.45, 2.75) is 6.61 Å². The molecule has 1 aromatic carbocycles. The van der Waals surface area contributed by atoms with Crippen LogP contribution in [-0.4, -0.2) is 17.2 Å². The first-order chi connectivity index (χ1) is 8.33. The van der Waals surface area contributed by atoms with Gasteiger partial charge in [0.15, 0.2) is 11.5 Å². The highest BCUT2D eigenvalue weighted by Crippen LogP contribution is 2.30. The molecule has 0 unspecified atom stereocenters. The number of aromatic nitrogens is 1. The van der Waals surface area contributed by atoms with Gasteiger partial charge in [0.1, 0.15) is 5.75 Å². The number of aliphatic hydroxyl groups excluding tert-OH is 1. The lowest BCUT2D eigenvalue weighted by Gasteiger charge is -2.10. The van der Waals surface area contributed by atoms with Gasteiger partial charge in [0.25, 0.3) is 0 Å². The minimum Gasteiger partial charge on any atom is -0.493 e. The van der Waals surface area contributed by atoms with Crippen molar-refractivity contribution >= 4 is 0 Å². The maximum atomic E-state index is 8.99. The van der Waals surface area contributed by atoms with Gasteiger partial charge in [0.2, 0.25) is 0 Å². The summed E-state index contributed by atoms with van der Waals surface area (Å²) in [5.74, 6) is 1.91. The van der Waals surface area contributed by atoms with Crippen LogP contribution in [0.1, 0.15) is 5.69 Å². The molecule has 0 aliphatic carbocycles. The van der Waals surface area contributed by atoms with Crippen molar-refractivity contribution in [1.82, 2.24) is 4.98 Å². The van der Waals surface area contributed by atoms with Crippen molar-refractivity contribution in [2.75, 3.05) is 7.11 Å². The zero-order valence-electron chi connectivity index (χ0n) is 9.46. The number of rotatable bonds is 4. The molecule has 1 aromatic heterocycles. The van der Waals surface area contributed by atoms with Gasteiger partial charge in [0, 0.05) is 12.3 Å². The van der Waals surface area contributed by atoms with E-state index in [0.717, 1.165) is 0 Å². The lowest BCUT2D eigenvalue weighted by Crippen LogP contribution is -1.92. The molecule has 4 nitrogen and oxygen atoms in total. The van der Waals surface area contributed by atoms with Gasteiger partial charge in [0.05, 0.1) is 19.4 Å². The number of aliphatic hydroxyl groups is 1. The summed E-state index contributed by atoms with van der Waals surface area (Å²) in [6.07, 6.45) is 1.59. The van der Waals surface area contributed by atoms with Crippen LogP contribution in [0.4, 0.5) is 0 Å². The molecule has 0 bridgehead atoms. The van der Waals surface area contributed by atoms with Crippen molar-refractivity contribution in [2.24, 2.45) is 0 Å². The topological polar surface area (TPSA) is 51.6 Å². The number of methoxy groups -OCH3 is 1. The first kappa shape index (κ1) is 11.4. The second-order valence-corrected chi connectivity index (χ2v) is 3.39. The first-order valence-electron chi connectivity index (χ1n) is 5.20. The monoisotopic (exact) mass is 231 g/mol. The molecule has 0 aliphatic heterocycles. The number of para-hydroxylation sites is 2. The standard InChI is InChI=1S/C13H13NO3/c1-16-12-4-2-3-5-13(12)17-11-6-7-14-10(8-11)9-15/h2-8,15H,9H2,1H3. The van der Waals surface area contributed by atoms with Gasteiger partial charge in [-0.25, -0.2) is 0 Å². The van der Waals surface area contributed by atoms with Crippen LogP contribution in [0.15, 0.2) is 42.6 Å². The Hall–Kier alpha value is -2.07. The van der Waals surface area contributed by atoms with E-state index < -0.39 is 0 Å². The van der Waals surface area contributed by atoms with Gasteiger partial charge >= 0.3 is 0 Å². The van der Waals surface area contributed by atoms with E-state index in [1.54, 1.807) is 25.4 Å². The molecule has 0 saturated carbocycles. The van der Waals surface area contributed by atoms with Gasteiger partial charge in [-0.3, -0.25) is 4.98 Å². The summed E-state index contributed by atoms with van der Waals surface area (Å²) in [7, 11) is 1.59. The molecular formula is C13H13NO3. The molecule has 17 heavy (non-hydrogen) atoms. The zero-order valence-corrected chi connectivity index (χ0v) is 9.46. The lowest BCUT2D eigenvalue weighted by molar-refractivity contribution is 0.276. The molecule has 4 heteroatoms. The average molecular weight is 231 g/mol. The Balaban J connectivity index is 2.24. The summed E-state index contributed by atoms with van der Waals surface area (Å²) in [5.41, 5.74) is 0.567. The third-order valence-electron chi connectivity index (χ3n) is 2.25. The van der Waals surface area contributed by atoms with Crippen molar-refractivity contribution in [3.8, 4) is 17.2 Å². The maximum Gasteiger partial charge on any atom is 0.169 e. The van der Waals surface area contributed by atoms with E-state index in [9.17, 15) is 0 Å². The third-order valence-corrected chi connectivity index (χ3v) is 2.25. The van der Waals surface area contributed by atoms with E-state index in [4.69, 9.17) is 14.6 Å². The van der Waals surface area contributed by atoms with Crippen LogP contribution in [0.3, 0.4) is 0 Å². The fraction of sp³-hybridized carbons (Fsp3) is 0.154. The van der Waals surface area contributed by atoms with E-state index in [1.165, 1.54) is 0 Å². The lowest BCUT2D eigenvalue weighted by atomic mass is 10.3. The predicted molar refractivity (Wildman–Crippen MR) is 63.2 cm³/mol. The Morgan fingerprint density at radius 1 is 1.18 bits per heavy atom. The summed E-state index contributed by atoms with van der Waals surface area (Å²) in [6.45, 7) is -0.108. The Morgan fingerprint density at radius 2 is 1.94 bits per heavy atom. The smallest absolute Gasteiger partial charge is 0.169 e. The molecule has 0 radical (unpaired) electrons. The van der Waals surface area contributed by atoms with Crippen LogP contribution in [0, 0.1) is 0 Å². The predicted octanol–water partition coefficient (Wildman–Crippen LogP) is 2.37. The number of hydrogen-bond acceptors (Lipinski definition) is 4. The quantitative estimate of drug-likeness (QED) is 0.877. The normalized spacial score (nSPS) is 10.0. The van der Waals surface area contributed by atoms with E-state index >= 15 is 0 Å². The van der Waals surface area contributed by atoms with Crippen LogP contribution in [0.2, 0.25) is 0 Å². The molecule has 2 aromatic rings.